The Morgan fingerprint density at radius 2 is 1.91 bits per heavy atom. The zero-order valence-electron chi connectivity index (χ0n) is 17.8. The van der Waals surface area contributed by atoms with Crippen LogP contribution in [-0.4, -0.2) is 35.6 Å². The van der Waals surface area contributed by atoms with Gasteiger partial charge in [-0.2, -0.15) is 0 Å². The molecule has 0 aliphatic carbocycles. The lowest BCUT2D eigenvalue weighted by molar-refractivity contribution is -0.123. The lowest BCUT2D eigenvalue weighted by Gasteiger charge is -2.15. The first-order valence-electron chi connectivity index (χ1n) is 10.1. The van der Waals surface area contributed by atoms with E-state index in [1.54, 1.807) is 30.3 Å². The summed E-state index contributed by atoms with van der Waals surface area (Å²) in [7, 11) is 0. The fourth-order valence-electron chi connectivity index (χ4n) is 3.27. The van der Waals surface area contributed by atoms with Crippen molar-refractivity contribution in [2.24, 2.45) is 0 Å². The van der Waals surface area contributed by atoms with Gasteiger partial charge in [0.2, 0.25) is 6.79 Å². The van der Waals surface area contributed by atoms with Crippen molar-refractivity contribution in [2.45, 2.75) is 33.4 Å². The highest BCUT2D eigenvalue weighted by Crippen LogP contribution is 2.40. The van der Waals surface area contributed by atoms with Gasteiger partial charge in [0, 0.05) is 11.1 Å². The van der Waals surface area contributed by atoms with Crippen molar-refractivity contribution in [3.63, 3.8) is 0 Å². The Bertz CT molecular complexity index is 1100. The molecule has 0 aromatic heterocycles. The standard InChI is InChI=1S/C23H22ClNO6S/c1-4-28-18-7-14(5-6-17(18)31-13(2)3)8-21-22(26)25(23(27)32-21)11-15-9-19-20(10-16(15)24)30-12-29-19/h5-10,13H,4,11-12H2,1-3H3. The first-order chi connectivity index (χ1) is 15.4. The van der Waals surface area contributed by atoms with Crippen molar-refractivity contribution in [2.75, 3.05) is 13.4 Å². The zero-order chi connectivity index (χ0) is 22.8. The highest BCUT2D eigenvalue weighted by molar-refractivity contribution is 8.18. The molecule has 7 nitrogen and oxygen atoms in total. The molecule has 2 amide bonds. The molecule has 2 aliphatic rings. The second-order valence-electron chi connectivity index (χ2n) is 7.37. The summed E-state index contributed by atoms with van der Waals surface area (Å²) in [5.74, 6) is 1.92. The molecule has 2 aromatic rings. The van der Waals surface area contributed by atoms with Crippen molar-refractivity contribution >= 4 is 40.6 Å². The lowest BCUT2D eigenvalue weighted by Crippen LogP contribution is -2.27. The number of rotatable bonds is 7. The molecule has 0 bridgehead atoms. The average Bonchev–Trinajstić information content (AvgIpc) is 3.29. The molecule has 0 spiro atoms. The third-order valence-electron chi connectivity index (χ3n) is 4.67. The Labute approximate surface area is 195 Å². The Morgan fingerprint density at radius 3 is 2.62 bits per heavy atom. The summed E-state index contributed by atoms with van der Waals surface area (Å²) >= 11 is 7.20. The minimum Gasteiger partial charge on any atom is -0.490 e. The molecule has 32 heavy (non-hydrogen) atoms. The van der Waals surface area contributed by atoms with Crippen LogP contribution in [0.25, 0.3) is 6.08 Å². The van der Waals surface area contributed by atoms with Crippen molar-refractivity contribution in [3.05, 3.63) is 51.4 Å². The first-order valence-corrected chi connectivity index (χ1v) is 11.3. The van der Waals surface area contributed by atoms with Crippen molar-refractivity contribution in [3.8, 4) is 23.0 Å². The Hall–Kier alpha value is -2.84. The number of fused-ring (bicyclic) bond motifs is 1. The molecule has 0 atom stereocenters. The molecule has 2 aliphatic heterocycles. The van der Waals surface area contributed by atoms with E-state index in [1.807, 2.05) is 26.8 Å². The second kappa shape index (κ2) is 9.34. The van der Waals surface area contributed by atoms with E-state index in [0.717, 1.165) is 17.3 Å². The number of halogens is 1. The van der Waals surface area contributed by atoms with E-state index in [0.29, 0.717) is 45.1 Å². The Balaban J connectivity index is 1.55. The van der Waals surface area contributed by atoms with Crippen molar-refractivity contribution in [1.82, 2.24) is 4.90 Å². The number of hydrogen-bond donors (Lipinski definition) is 0. The van der Waals surface area contributed by atoms with Crippen LogP contribution in [0.5, 0.6) is 23.0 Å². The van der Waals surface area contributed by atoms with Gasteiger partial charge < -0.3 is 18.9 Å². The van der Waals surface area contributed by atoms with Crippen LogP contribution in [0.4, 0.5) is 4.79 Å². The number of thioether (sulfide) groups is 1. The number of hydrogen-bond acceptors (Lipinski definition) is 7. The fourth-order valence-corrected chi connectivity index (χ4v) is 4.32. The molecule has 0 radical (unpaired) electrons. The van der Waals surface area contributed by atoms with E-state index in [4.69, 9.17) is 30.5 Å². The molecule has 4 rings (SSSR count). The number of carbonyl (C=O) groups is 2. The van der Waals surface area contributed by atoms with Gasteiger partial charge in [-0.1, -0.05) is 17.7 Å². The third-order valence-corrected chi connectivity index (χ3v) is 5.93. The minimum absolute atomic E-state index is 0.000408. The number of benzene rings is 2. The molecular formula is C23H22ClNO6S. The first kappa shape index (κ1) is 22.4. The van der Waals surface area contributed by atoms with Gasteiger partial charge in [-0.05, 0) is 67.9 Å². The smallest absolute Gasteiger partial charge is 0.293 e. The van der Waals surface area contributed by atoms with Crippen molar-refractivity contribution in [1.29, 1.82) is 0 Å². The number of ether oxygens (including phenoxy) is 4. The van der Waals surface area contributed by atoms with E-state index < -0.39 is 0 Å². The quantitative estimate of drug-likeness (QED) is 0.490. The van der Waals surface area contributed by atoms with Gasteiger partial charge in [-0.3, -0.25) is 14.5 Å². The highest BCUT2D eigenvalue weighted by atomic mass is 35.5. The molecule has 9 heteroatoms. The molecule has 2 heterocycles. The van der Waals surface area contributed by atoms with Crippen LogP contribution in [0.3, 0.4) is 0 Å². The SMILES string of the molecule is CCOc1cc(C=C2SC(=O)N(Cc3cc4c(cc3Cl)OCO4)C2=O)ccc1OC(C)C. The van der Waals surface area contributed by atoms with E-state index in [9.17, 15) is 9.59 Å². The van der Waals surface area contributed by atoms with Crippen LogP contribution in [-0.2, 0) is 11.3 Å². The van der Waals surface area contributed by atoms with Gasteiger partial charge >= 0.3 is 0 Å². The molecule has 0 saturated carbocycles. The summed E-state index contributed by atoms with van der Waals surface area (Å²) in [6.45, 7) is 6.40. The highest BCUT2D eigenvalue weighted by Gasteiger charge is 2.35. The van der Waals surface area contributed by atoms with Crippen LogP contribution in [0.2, 0.25) is 5.02 Å². The molecule has 1 saturated heterocycles. The molecule has 1 fully saturated rings. The minimum atomic E-state index is -0.380. The van der Waals surface area contributed by atoms with Crippen LogP contribution < -0.4 is 18.9 Å². The van der Waals surface area contributed by atoms with Crippen LogP contribution in [0.1, 0.15) is 31.9 Å². The van der Waals surface area contributed by atoms with E-state index in [1.165, 1.54) is 4.90 Å². The van der Waals surface area contributed by atoms with Crippen LogP contribution >= 0.6 is 23.4 Å². The largest absolute Gasteiger partial charge is 0.490 e. The summed E-state index contributed by atoms with van der Waals surface area (Å²) in [4.78, 5) is 27.0. The predicted octanol–water partition coefficient (Wildman–Crippen LogP) is 5.49. The zero-order valence-corrected chi connectivity index (χ0v) is 19.4. The van der Waals surface area contributed by atoms with Gasteiger partial charge in [0.25, 0.3) is 11.1 Å². The van der Waals surface area contributed by atoms with E-state index in [2.05, 4.69) is 0 Å². The maximum atomic E-state index is 13.0. The Morgan fingerprint density at radius 1 is 1.16 bits per heavy atom. The summed E-state index contributed by atoms with van der Waals surface area (Å²) in [5, 5.41) is 0.0409. The molecule has 2 aromatic carbocycles. The summed E-state index contributed by atoms with van der Waals surface area (Å²) in [5.41, 5.74) is 1.34. The average molecular weight is 476 g/mol. The maximum absolute atomic E-state index is 13.0. The van der Waals surface area contributed by atoms with Gasteiger partial charge in [0.05, 0.1) is 24.2 Å². The third kappa shape index (κ3) is 4.66. The van der Waals surface area contributed by atoms with Gasteiger partial charge in [0.1, 0.15) is 0 Å². The second-order valence-corrected chi connectivity index (χ2v) is 8.77. The number of nitrogens with zero attached hydrogens (tertiary/aromatic N) is 1. The van der Waals surface area contributed by atoms with E-state index >= 15 is 0 Å². The maximum Gasteiger partial charge on any atom is 0.293 e. The van der Waals surface area contributed by atoms with Gasteiger partial charge in [-0.15, -0.1) is 0 Å². The normalized spacial score (nSPS) is 16.4. The topological polar surface area (TPSA) is 74.3 Å². The van der Waals surface area contributed by atoms with Crippen molar-refractivity contribution < 1.29 is 28.5 Å². The monoisotopic (exact) mass is 475 g/mol. The summed E-state index contributed by atoms with van der Waals surface area (Å²) in [6, 6.07) is 8.74. The molecule has 168 valence electrons. The molecule has 0 N–H and O–H groups in total. The molecule has 0 unspecified atom stereocenters. The van der Waals surface area contributed by atoms with Gasteiger partial charge in [0.15, 0.2) is 23.0 Å². The van der Waals surface area contributed by atoms with Gasteiger partial charge in [-0.25, -0.2) is 0 Å². The summed E-state index contributed by atoms with van der Waals surface area (Å²) < 4.78 is 22.1. The predicted molar refractivity (Wildman–Crippen MR) is 122 cm³/mol. The molecular weight excluding hydrogens is 454 g/mol. The number of carbonyl (C=O) groups excluding carboxylic acids is 2. The lowest BCUT2D eigenvalue weighted by atomic mass is 10.1. The van der Waals surface area contributed by atoms with Crippen LogP contribution in [0.15, 0.2) is 35.2 Å². The Kier molecular flexibility index (Phi) is 6.53. The fraction of sp³-hybridized carbons (Fsp3) is 0.304. The number of amides is 2. The number of imide groups is 1. The van der Waals surface area contributed by atoms with E-state index in [-0.39, 0.29) is 30.6 Å². The van der Waals surface area contributed by atoms with Crippen LogP contribution in [0, 0.1) is 0 Å². The summed E-state index contributed by atoms with van der Waals surface area (Å²) in [6.07, 6.45) is 1.67.